The largest absolute Gasteiger partial charge is 0.467 e. The van der Waals surface area contributed by atoms with Gasteiger partial charge in [0.25, 0.3) is 0 Å². The lowest BCUT2D eigenvalue weighted by atomic mass is 10.3. The minimum Gasteiger partial charge on any atom is -0.467 e. The number of hydrogen-bond acceptors (Lipinski definition) is 6. The Bertz CT molecular complexity index is 657. The fourth-order valence-electron chi connectivity index (χ4n) is 2.61. The predicted octanol–water partition coefficient (Wildman–Crippen LogP) is 1.28. The lowest BCUT2D eigenvalue weighted by Crippen LogP contribution is -2.40. The quantitative estimate of drug-likeness (QED) is 0.849. The smallest absolute Gasteiger partial charge is 0.451 e. The maximum absolute atomic E-state index is 12.8. The SMILES string of the molecule is OC(COCc1ccco1)CN1CCn2c(nnc2C(F)(F)F)C1. The van der Waals surface area contributed by atoms with Gasteiger partial charge in [0.1, 0.15) is 18.2 Å². The molecule has 3 heterocycles. The summed E-state index contributed by atoms with van der Waals surface area (Å²) >= 11 is 0. The monoisotopic (exact) mass is 346 g/mol. The molecule has 1 unspecified atom stereocenters. The predicted molar refractivity (Wildman–Crippen MR) is 74.7 cm³/mol. The molecule has 1 atom stereocenters. The van der Waals surface area contributed by atoms with E-state index in [1.54, 1.807) is 12.1 Å². The average molecular weight is 346 g/mol. The van der Waals surface area contributed by atoms with Crippen LogP contribution >= 0.6 is 0 Å². The van der Waals surface area contributed by atoms with Gasteiger partial charge in [0, 0.05) is 19.6 Å². The Morgan fingerprint density at radius 3 is 2.88 bits per heavy atom. The van der Waals surface area contributed by atoms with Crippen molar-refractivity contribution in [1.82, 2.24) is 19.7 Å². The van der Waals surface area contributed by atoms with Crippen LogP contribution in [0, 0.1) is 0 Å². The number of aliphatic hydroxyl groups is 1. The lowest BCUT2D eigenvalue weighted by Gasteiger charge is -2.29. The van der Waals surface area contributed by atoms with E-state index in [9.17, 15) is 18.3 Å². The number of hydrogen-bond donors (Lipinski definition) is 1. The molecule has 10 heteroatoms. The Labute approximate surface area is 135 Å². The standard InChI is InChI=1S/C14H17F3N4O3/c15-14(16,17)13-19-18-12-7-20(3-4-21(12)13)6-10(22)8-23-9-11-2-1-5-24-11/h1-2,5,10,22H,3-4,6-9H2. The molecule has 0 aliphatic carbocycles. The van der Waals surface area contributed by atoms with Crippen LogP contribution in [-0.4, -0.2) is 50.6 Å². The first-order valence-electron chi connectivity index (χ1n) is 7.43. The van der Waals surface area contributed by atoms with Gasteiger partial charge in [-0.3, -0.25) is 4.90 Å². The number of halogens is 3. The van der Waals surface area contributed by atoms with Crippen LogP contribution < -0.4 is 0 Å². The van der Waals surface area contributed by atoms with Crippen molar-refractivity contribution in [3.63, 3.8) is 0 Å². The van der Waals surface area contributed by atoms with Gasteiger partial charge >= 0.3 is 6.18 Å². The van der Waals surface area contributed by atoms with Crippen molar-refractivity contribution in [1.29, 1.82) is 0 Å². The van der Waals surface area contributed by atoms with Gasteiger partial charge in [0.2, 0.25) is 5.82 Å². The molecule has 0 fully saturated rings. The van der Waals surface area contributed by atoms with Crippen LogP contribution in [0.25, 0.3) is 0 Å². The second kappa shape index (κ2) is 6.91. The van der Waals surface area contributed by atoms with Gasteiger partial charge in [-0.1, -0.05) is 0 Å². The van der Waals surface area contributed by atoms with Gasteiger partial charge < -0.3 is 18.8 Å². The van der Waals surface area contributed by atoms with Crippen LogP contribution in [0.4, 0.5) is 13.2 Å². The molecule has 2 aromatic rings. The Morgan fingerprint density at radius 1 is 1.33 bits per heavy atom. The van der Waals surface area contributed by atoms with E-state index in [0.29, 0.717) is 12.3 Å². The highest BCUT2D eigenvalue weighted by Crippen LogP contribution is 2.29. The minimum absolute atomic E-state index is 0.109. The van der Waals surface area contributed by atoms with E-state index in [2.05, 4.69) is 10.2 Å². The number of furan rings is 1. The van der Waals surface area contributed by atoms with E-state index in [-0.39, 0.29) is 38.7 Å². The normalized spacial score (nSPS) is 17.0. The van der Waals surface area contributed by atoms with Gasteiger partial charge in [0.15, 0.2) is 0 Å². The zero-order valence-electron chi connectivity index (χ0n) is 12.7. The summed E-state index contributed by atoms with van der Waals surface area (Å²) in [5, 5.41) is 16.8. The zero-order chi connectivity index (χ0) is 17.2. The molecule has 1 aliphatic rings. The summed E-state index contributed by atoms with van der Waals surface area (Å²) in [6.45, 7) is 1.37. The van der Waals surface area contributed by atoms with Crippen molar-refractivity contribution < 1.29 is 27.4 Å². The molecule has 0 amide bonds. The molecule has 2 aromatic heterocycles. The Kier molecular flexibility index (Phi) is 4.88. The van der Waals surface area contributed by atoms with Crippen LogP contribution in [0.2, 0.25) is 0 Å². The van der Waals surface area contributed by atoms with Gasteiger partial charge in [-0.25, -0.2) is 0 Å². The van der Waals surface area contributed by atoms with Crippen LogP contribution in [0.5, 0.6) is 0 Å². The van der Waals surface area contributed by atoms with Crippen LogP contribution in [0.3, 0.4) is 0 Å². The minimum atomic E-state index is -4.51. The number of fused-ring (bicyclic) bond motifs is 1. The summed E-state index contributed by atoms with van der Waals surface area (Å²) in [5.74, 6) is -0.0651. The van der Waals surface area contributed by atoms with Gasteiger partial charge in [0.05, 0.1) is 25.5 Å². The summed E-state index contributed by atoms with van der Waals surface area (Å²) in [7, 11) is 0. The fourth-order valence-corrected chi connectivity index (χ4v) is 2.61. The van der Waals surface area contributed by atoms with Crippen LogP contribution in [-0.2, 0) is 30.6 Å². The number of rotatable bonds is 6. The molecule has 3 rings (SSSR count). The molecular weight excluding hydrogens is 329 g/mol. The summed E-state index contributed by atoms with van der Waals surface area (Å²) in [6.07, 6.45) is -3.72. The molecule has 0 radical (unpaired) electrons. The summed E-state index contributed by atoms with van der Waals surface area (Å²) in [6, 6.07) is 3.51. The maximum Gasteiger partial charge on any atom is 0.451 e. The Hall–Kier alpha value is -1.91. The third-order valence-corrected chi connectivity index (χ3v) is 3.69. The van der Waals surface area contributed by atoms with Crippen molar-refractivity contribution in [2.45, 2.75) is 32.0 Å². The van der Waals surface area contributed by atoms with E-state index in [1.807, 2.05) is 4.90 Å². The Balaban J connectivity index is 1.48. The molecule has 0 bridgehead atoms. The molecule has 24 heavy (non-hydrogen) atoms. The van der Waals surface area contributed by atoms with Crippen LogP contribution in [0.15, 0.2) is 22.8 Å². The first-order chi connectivity index (χ1) is 11.4. The first kappa shape index (κ1) is 16.9. The highest BCUT2D eigenvalue weighted by atomic mass is 19.4. The molecular formula is C14H17F3N4O3. The number of aliphatic hydroxyl groups excluding tert-OH is 1. The van der Waals surface area contributed by atoms with Crippen LogP contribution in [0.1, 0.15) is 17.4 Å². The number of alkyl halides is 3. The van der Waals surface area contributed by atoms with E-state index < -0.39 is 18.1 Å². The fraction of sp³-hybridized carbons (Fsp3) is 0.571. The molecule has 1 N–H and O–H groups in total. The van der Waals surface area contributed by atoms with Gasteiger partial charge in [-0.2, -0.15) is 13.2 Å². The van der Waals surface area contributed by atoms with E-state index >= 15 is 0 Å². The molecule has 0 spiro atoms. The second-order valence-electron chi connectivity index (χ2n) is 5.57. The third kappa shape index (κ3) is 3.94. The van der Waals surface area contributed by atoms with Gasteiger partial charge in [-0.05, 0) is 12.1 Å². The number of aromatic nitrogens is 3. The molecule has 0 saturated carbocycles. The number of nitrogens with zero attached hydrogens (tertiary/aromatic N) is 4. The Morgan fingerprint density at radius 2 is 2.17 bits per heavy atom. The first-order valence-corrected chi connectivity index (χ1v) is 7.43. The van der Waals surface area contributed by atoms with Crippen molar-refractivity contribution in [2.75, 3.05) is 19.7 Å². The lowest BCUT2D eigenvalue weighted by molar-refractivity contribution is -0.148. The van der Waals surface area contributed by atoms with Crippen molar-refractivity contribution in [3.05, 3.63) is 35.8 Å². The van der Waals surface area contributed by atoms with E-state index in [1.165, 1.54) is 6.26 Å². The van der Waals surface area contributed by atoms with E-state index in [0.717, 1.165) is 4.57 Å². The molecule has 1 aliphatic heterocycles. The zero-order valence-corrected chi connectivity index (χ0v) is 12.7. The maximum atomic E-state index is 12.8. The van der Waals surface area contributed by atoms with E-state index in [4.69, 9.17) is 9.15 Å². The average Bonchev–Trinajstić information content (AvgIpc) is 3.15. The molecule has 7 nitrogen and oxygen atoms in total. The molecule has 0 saturated heterocycles. The van der Waals surface area contributed by atoms with Crippen molar-refractivity contribution in [3.8, 4) is 0 Å². The van der Waals surface area contributed by atoms with Gasteiger partial charge in [-0.15, -0.1) is 10.2 Å². The van der Waals surface area contributed by atoms with Crippen molar-refractivity contribution in [2.24, 2.45) is 0 Å². The second-order valence-corrected chi connectivity index (χ2v) is 5.57. The summed E-state index contributed by atoms with van der Waals surface area (Å²) in [5.41, 5.74) is 0. The number of ether oxygens (including phenoxy) is 1. The number of β-amino-alcohol motifs (C(OH)–C–C–N with tert-alkyl or cyclic N) is 1. The summed E-state index contributed by atoms with van der Waals surface area (Å²) in [4.78, 5) is 1.82. The van der Waals surface area contributed by atoms with Crippen molar-refractivity contribution >= 4 is 0 Å². The molecule has 0 aromatic carbocycles. The third-order valence-electron chi connectivity index (χ3n) is 3.69. The topological polar surface area (TPSA) is 76.6 Å². The molecule has 132 valence electrons. The summed E-state index contributed by atoms with van der Waals surface area (Å²) < 4.78 is 49.8. The highest BCUT2D eigenvalue weighted by molar-refractivity contribution is 5.02. The highest BCUT2D eigenvalue weighted by Gasteiger charge is 2.39.